The van der Waals surface area contributed by atoms with Crippen molar-refractivity contribution in [1.29, 1.82) is 0 Å². The van der Waals surface area contributed by atoms with Crippen LogP contribution in [0.15, 0.2) is 18.2 Å². The summed E-state index contributed by atoms with van der Waals surface area (Å²) in [6.45, 7) is 0.568. The molecular weight excluding hydrogens is 204 g/mol. The summed E-state index contributed by atoms with van der Waals surface area (Å²) in [6.07, 6.45) is 0.870. The summed E-state index contributed by atoms with van der Waals surface area (Å²) in [6, 6.07) is 5.74. The fourth-order valence-corrected chi connectivity index (χ4v) is 2.72. The topological polar surface area (TPSA) is 64.3 Å². The van der Waals surface area contributed by atoms with E-state index in [9.17, 15) is 4.79 Å². The fraction of sp³-hybridized carbons (Fsp3) is 0.417. The molecule has 4 nitrogen and oxygen atoms in total. The van der Waals surface area contributed by atoms with E-state index in [0.717, 1.165) is 23.4 Å². The zero-order chi connectivity index (χ0) is 11.3. The third-order valence-corrected chi connectivity index (χ3v) is 3.75. The second kappa shape index (κ2) is 2.98. The number of nitrogens with one attached hydrogen (secondary N) is 1. The number of carbonyl (C=O) groups excluding carboxylic acids is 1. The molecule has 16 heavy (non-hydrogen) atoms. The van der Waals surface area contributed by atoms with Crippen LogP contribution < -0.4 is 15.8 Å². The van der Waals surface area contributed by atoms with E-state index in [2.05, 4.69) is 5.32 Å². The second-order valence-electron chi connectivity index (χ2n) is 4.47. The highest BCUT2D eigenvalue weighted by molar-refractivity contribution is 6.09. The number of amides is 1. The van der Waals surface area contributed by atoms with Gasteiger partial charge in [-0.2, -0.15) is 0 Å². The lowest BCUT2D eigenvalue weighted by Crippen LogP contribution is -2.23. The zero-order valence-corrected chi connectivity index (χ0v) is 9.12. The predicted molar refractivity (Wildman–Crippen MR) is 60.5 cm³/mol. The first-order chi connectivity index (χ1) is 7.72. The first kappa shape index (κ1) is 9.66. The number of fused-ring (bicyclic) bond motifs is 2. The predicted octanol–water partition coefficient (Wildman–Crippen LogP) is 0.864. The third kappa shape index (κ3) is 0.998. The maximum Gasteiger partial charge on any atom is 0.235 e. The molecule has 3 rings (SSSR count). The Morgan fingerprint density at radius 2 is 2.44 bits per heavy atom. The molecule has 1 aromatic rings. The van der Waals surface area contributed by atoms with Crippen LogP contribution in [0.2, 0.25) is 0 Å². The summed E-state index contributed by atoms with van der Waals surface area (Å²) < 4.78 is 5.14. The Balaban J connectivity index is 2.07. The molecule has 84 valence electrons. The van der Waals surface area contributed by atoms with Crippen molar-refractivity contribution in [2.24, 2.45) is 11.7 Å². The number of carbonyl (C=O) groups is 1. The van der Waals surface area contributed by atoms with Crippen LogP contribution in [-0.4, -0.2) is 19.6 Å². The molecule has 1 spiro atoms. The molecule has 2 aliphatic rings. The molecule has 3 N–H and O–H groups in total. The van der Waals surface area contributed by atoms with Crippen molar-refractivity contribution in [3.05, 3.63) is 23.8 Å². The average molecular weight is 218 g/mol. The van der Waals surface area contributed by atoms with Crippen LogP contribution in [0.1, 0.15) is 12.0 Å². The van der Waals surface area contributed by atoms with Gasteiger partial charge in [-0.15, -0.1) is 0 Å². The van der Waals surface area contributed by atoms with Gasteiger partial charge in [0.15, 0.2) is 0 Å². The molecule has 1 aromatic carbocycles. The SMILES string of the molecule is COc1ccc2c(c1)NC(=O)C21CC1CN. The van der Waals surface area contributed by atoms with Crippen molar-refractivity contribution in [2.45, 2.75) is 11.8 Å². The van der Waals surface area contributed by atoms with E-state index in [0.29, 0.717) is 12.5 Å². The lowest BCUT2D eigenvalue weighted by Gasteiger charge is -2.07. The van der Waals surface area contributed by atoms with Crippen LogP contribution in [0.4, 0.5) is 5.69 Å². The van der Waals surface area contributed by atoms with Crippen LogP contribution in [0.3, 0.4) is 0 Å². The van der Waals surface area contributed by atoms with Gasteiger partial charge < -0.3 is 15.8 Å². The van der Waals surface area contributed by atoms with Gasteiger partial charge in [0.1, 0.15) is 5.75 Å². The lowest BCUT2D eigenvalue weighted by molar-refractivity contribution is -0.118. The highest BCUT2D eigenvalue weighted by Gasteiger charge is 2.63. The number of hydrogen-bond acceptors (Lipinski definition) is 3. The molecule has 1 heterocycles. The Bertz CT molecular complexity index is 472. The van der Waals surface area contributed by atoms with Gasteiger partial charge >= 0.3 is 0 Å². The monoisotopic (exact) mass is 218 g/mol. The molecule has 2 atom stereocenters. The molecule has 4 heteroatoms. The molecular formula is C12H14N2O2. The number of hydrogen-bond donors (Lipinski definition) is 2. The van der Waals surface area contributed by atoms with Crippen LogP contribution >= 0.6 is 0 Å². The van der Waals surface area contributed by atoms with Gasteiger partial charge in [0.25, 0.3) is 0 Å². The van der Waals surface area contributed by atoms with Crippen molar-refractivity contribution < 1.29 is 9.53 Å². The molecule has 2 unspecified atom stereocenters. The first-order valence-electron chi connectivity index (χ1n) is 5.42. The third-order valence-electron chi connectivity index (χ3n) is 3.75. The minimum atomic E-state index is -0.337. The molecule has 0 bridgehead atoms. The largest absolute Gasteiger partial charge is 0.497 e. The van der Waals surface area contributed by atoms with Crippen molar-refractivity contribution >= 4 is 11.6 Å². The normalized spacial score (nSPS) is 30.1. The Labute approximate surface area is 93.8 Å². The molecule has 1 saturated carbocycles. The molecule has 1 amide bonds. The van der Waals surface area contributed by atoms with E-state index in [1.165, 1.54) is 0 Å². The van der Waals surface area contributed by atoms with Crippen LogP contribution in [-0.2, 0) is 10.2 Å². The number of anilines is 1. The van der Waals surface area contributed by atoms with Crippen molar-refractivity contribution in [3.63, 3.8) is 0 Å². The van der Waals surface area contributed by atoms with Crippen molar-refractivity contribution in [1.82, 2.24) is 0 Å². The summed E-state index contributed by atoms with van der Waals surface area (Å²) in [5.41, 5.74) is 7.27. The number of benzene rings is 1. The minimum absolute atomic E-state index is 0.0891. The molecule has 1 aliphatic heterocycles. The van der Waals surface area contributed by atoms with E-state index >= 15 is 0 Å². The number of methoxy groups -OCH3 is 1. The molecule has 0 aromatic heterocycles. The van der Waals surface area contributed by atoms with E-state index in [4.69, 9.17) is 10.5 Å². The Hall–Kier alpha value is -1.55. The molecule has 1 fully saturated rings. The Morgan fingerprint density at radius 3 is 3.06 bits per heavy atom. The van der Waals surface area contributed by atoms with Gasteiger partial charge in [-0.1, -0.05) is 6.07 Å². The van der Waals surface area contributed by atoms with Gasteiger partial charge in [0.05, 0.1) is 12.5 Å². The van der Waals surface area contributed by atoms with Gasteiger partial charge in [0, 0.05) is 11.8 Å². The van der Waals surface area contributed by atoms with E-state index in [-0.39, 0.29) is 11.3 Å². The summed E-state index contributed by atoms with van der Waals surface area (Å²) in [4.78, 5) is 12.0. The standard InChI is InChI=1S/C12H14N2O2/c1-16-8-2-3-9-10(4-8)14-11(15)12(9)5-7(12)6-13/h2-4,7H,5-6,13H2,1H3,(H,14,15). The highest BCUT2D eigenvalue weighted by Crippen LogP contribution is 2.59. The van der Waals surface area contributed by atoms with Gasteiger partial charge in [0.2, 0.25) is 5.91 Å². The van der Waals surface area contributed by atoms with Gasteiger partial charge in [-0.3, -0.25) is 4.79 Å². The summed E-state index contributed by atoms with van der Waals surface area (Å²) in [5, 5.41) is 2.91. The quantitative estimate of drug-likeness (QED) is 0.774. The zero-order valence-electron chi connectivity index (χ0n) is 9.12. The van der Waals surface area contributed by atoms with Crippen LogP contribution in [0, 0.1) is 5.92 Å². The first-order valence-corrected chi connectivity index (χ1v) is 5.42. The van der Waals surface area contributed by atoms with E-state index in [1.54, 1.807) is 7.11 Å². The fourth-order valence-electron chi connectivity index (χ4n) is 2.72. The molecule has 0 saturated heterocycles. The Kier molecular flexibility index (Phi) is 1.80. The maximum absolute atomic E-state index is 12.0. The van der Waals surface area contributed by atoms with Gasteiger partial charge in [-0.25, -0.2) is 0 Å². The number of nitrogens with two attached hydrogens (primary N) is 1. The molecule has 0 radical (unpaired) electrons. The summed E-state index contributed by atoms with van der Waals surface area (Å²) in [7, 11) is 1.62. The van der Waals surface area contributed by atoms with Crippen LogP contribution in [0.25, 0.3) is 0 Å². The number of ether oxygens (including phenoxy) is 1. The van der Waals surface area contributed by atoms with Crippen LogP contribution in [0.5, 0.6) is 5.75 Å². The maximum atomic E-state index is 12.0. The Morgan fingerprint density at radius 1 is 1.62 bits per heavy atom. The summed E-state index contributed by atoms with van der Waals surface area (Å²) >= 11 is 0. The van der Waals surface area contributed by atoms with E-state index in [1.807, 2.05) is 18.2 Å². The lowest BCUT2D eigenvalue weighted by atomic mass is 9.95. The summed E-state index contributed by atoms with van der Waals surface area (Å²) in [5.74, 6) is 1.15. The van der Waals surface area contributed by atoms with Gasteiger partial charge in [-0.05, 0) is 30.5 Å². The smallest absolute Gasteiger partial charge is 0.235 e. The van der Waals surface area contributed by atoms with Crippen molar-refractivity contribution in [2.75, 3.05) is 19.0 Å². The highest BCUT2D eigenvalue weighted by atomic mass is 16.5. The minimum Gasteiger partial charge on any atom is -0.497 e. The number of rotatable bonds is 2. The molecule has 1 aliphatic carbocycles. The van der Waals surface area contributed by atoms with E-state index < -0.39 is 0 Å². The van der Waals surface area contributed by atoms with Crippen molar-refractivity contribution in [3.8, 4) is 5.75 Å². The average Bonchev–Trinajstić information content (AvgIpc) is 2.97. The second-order valence-corrected chi connectivity index (χ2v) is 4.47.